The number of rotatable bonds is 3. The standard InChI is InChI=1S/C3H5F3O4S/c4-3(5,6)10-1-2-11(7,8)9/h1-2H2,(H,7,8,9). The second-order valence-electron chi connectivity index (χ2n) is 1.58. The van der Waals surface area contributed by atoms with Crippen LogP contribution in [0.1, 0.15) is 0 Å². The Bertz CT molecular complexity index is 205. The average Bonchev–Trinajstić information content (AvgIpc) is 1.55. The molecule has 0 heterocycles. The number of hydrogen-bond acceptors (Lipinski definition) is 3. The quantitative estimate of drug-likeness (QED) is 0.661. The van der Waals surface area contributed by atoms with Crippen molar-refractivity contribution in [2.75, 3.05) is 12.4 Å². The summed E-state index contributed by atoms with van der Waals surface area (Å²) in [4.78, 5) is 0. The first-order valence-electron chi connectivity index (χ1n) is 2.36. The van der Waals surface area contributed by atoms with E-state index in [4.69, 9.17) is 4.55 Å². The molecule has 0 aromatic heterocycles. The van der Waals surface area contributed by atoms with Gasteiger partial charge in [-0.1, -0.05) is 0 Å². The van der Waals surface area contributed by atoms with E-state index < -0.39 is 28.8 Å². The molecule has 1 N–H and O–H groups in total. The fourth-order valence-electron chi connectivity index (χ4n) is 0.263. The van der Waals surface area contributed by atoms with Crippen molar-refractivity contribution in [1.82, 2.24) is 0 Å². The van der Waals surface area contributed by atoms with E-state index in [1.807, 2.05) is 0 Å². The summed E-state index contributed by atoms with van der Waals surface area (Å²) in [5.41, 5.74) is 0. The summed E-state index contributed by atoms with van der Waals surface area (Å²) in [7, 11) is -4.37. The molecule has 0 atom stereocenters. The van der Waals surface area contributed by atoms with Gasteiger partial charge in [0.05, 0.1) is 12.4 Å². The highest BCUT2D eigenvalue weighted by Crippen LogP contribution is 2.15. The normalized spacial score (nSPS) is 13.5. The van der Waals surface area contributed by atoms with Gasteiger partial charge < -0.3 is 0 Å². The number of halogens is 3. The summed E-state index contributed by atoms with van der Waals surface area (Å²) < 4.78 is 64.1. The lowest BCUT2D eigenvalue weighted by molar-refractivity contribution is -0.322. The molecule has 0 amide bonds. The molecule has 11 heavy (non-hydrogen) atoms. The lowest BCUT2D eigenvalue weighted by atomic mass is 10.9. The van der Waals surface area contributed by atoms with Gasteiger partial charge in [0.15, 0.2) is 0 Å². The zero-order valence-electron chi connectivity index (χ0n) is 5.13. The number of hydrogen-bond donors (Lipinski definition) is 1. The lowest BCUT2D eigenvalue weighted by Gasteiger charge is -2.04. The Hall–Kier alpha value is -0.340. The van der Waals surface area contributed by atoms with E-state index in [1.54, 1.807) is 0 Å². The second-order valence-corrected chi connectivity index (χ2v) is 3.15. The van der Waals surface area contributed by atoms with Crippen molar-refractivity contribution in [2.24, 2.45) is 0 Å². The van der Waals surface area contributed by atoms with Crippen LogP contribution in [-0.2, 0) is 14.9 Å². The predicted octanol–water partition coefficient (Wildman–Crippen LogP) is 0.411. The molecule has 0 aliphatic heterocycles. The fourth-order valence-corrected chi connectivity index (χ4v) is 0.557. The van der Waals surface area contributed by atoms with Crippen LogP contribution in [0.3, 0.4) is 0 Å². The van der Waals surface area contributed by atoms with Gasteiger partial charge in [0, 0.05) is 0 Å². The van der Waals surface area contributed by atoms with Gasteiger partial charge in [-0.15, -0.1) is 13.2 Å². The van der Waals surface area contributed by atoms with Gasteiger partial charge in [-0.3, -0.25) is 9.29 Å². The SMILES string of the molecule is O=S(=O)(O)CCOC(F)(F)F. The Balaban J connectivity index is 3.61. The van der Waals surface area contributed by atoms with Crippen molar-refractivity contribution < 1.29 is 30.9 Å². The van der Waals surface area contributed by atoms with E-state index >= 15 is 0 Å². The highest BCUT2D eigenvalue weighted by molar-refractivity contribution is 7.85. The van der Waals surface area contributed by atoms with Crippen molar-refractivity contribution in [2.45, 2.75) is 6.36 Å². The Kier molecular flexibility index (Phi) is 3.27. The van der Waals surface area contributed by atoms with Crippen molar-refractivity contribution in [3.05, 3.63) is 0 Å². The molecule has 0 aliphatic rings. The van der Waals surface area contributed by atoms with Crippen molar-refractivity contribution in [3.8, 4) is 0 Å². The topological polar surface area (TPSA) is 63.6 Å². The van der Waals surface area contributed by atoms with Crippen LogP contribution in [0.2, 0.25) is 0 Å². The van der Waals surface area contributed by atoms with E-state index in [2.05, 4.69) is 4.74 Å². The van der Waals surface area contributed by atoms with Gasteiger partial charge in [-0.05, 0) is 0 Å². The molecular weight excluding hydrogens is 189 g/mol. The molecule has 0 aromatic carbocycles. The van der Waals surface area contributed by atoms with Gasteiger partial charge in [0.1, 0.15) is 0 Å². The Morgan fingerprint density at radius 3 is 2.09 bits per heavy atom. The molecular formula is C3H5F3O4S. The first kappa shape index (κ1) is 10.7. The molecule has 0 bridgehead atoms. The van der Waals surface area contributed by atoms with E-state index in [1.165, 1.54) is 0 Å². The van der Waals surface area contributed by atoms with E-state index in [0.29, 0.717) is 0 Å². The van der Waals surface area contributed by atoms with Crippen LogP contribution < -0.4 is 0 Å². The van der Waals surface area contributed by atoms with Crippen LogP contribution in [0, 0.1) is 0 Å². The van der Waals surface area contributed by atoms with Crippen LogP contribution in [-0.4, -0.2) is 31.7 Å². The molecule has 68 valence electrons. The molecule has 0 rings (SSSR count). The maximum Gasteiger partial charge on any atom is 0.522 e. The zero-order chi connectivity index (χ0) is 9.12. The third-order valence-corrected chi connectivity index (χ3v) is 1.29. The Morgan fingerprint density at radius 2 is 1.82 bits per heavy atom. The molecule has 0 fully saturated rings. The summed E-state index contributed by atoms with van der Waals surface area (Å²) in [5, 5.41) is 0. The highest BCUT2D eigenvalue weighted by atomic mass is 32.2. The maximum atomic E-state index is 11.1. The van der Waals surface area contributed by atoms with Crippen LogP contribution in [0.5, 0.6) is 0 Å². The van der Waals surface area contributed by atoms with E-state index in [0.717, 1.165) is 0 Å². The molecule has 8 heteroatoms. The summed E-state index contributed by atoms with van der Waals surface area (Å²) >= 11 is 0. The van der Waals surface area contributed by atoms with Crippen LogP contribution in [0.4, 0.5) is 13.2 Å². The van der Waals surface area contributed by atoms with E-state index in [9.17, 15) is 21.6 Å². The number of alkyl halides is 3. The van der Waals surface area contributed by atoms with Crippen molar-refractivity contribution in [1.29, 1.82) is 0 Å². The highest BCUT2D eigenvalue weighted by Gasteiger charge is 2.29. The Morgan fingerprint density at radius 1 is 1.36 bits per heavy atom. The zero-order valence-corrected chi connectivity index (χ0v) is 5.94. The monoisotopic (exact) mass is 194 g/mol. The third-order valence-electron chi connectivity index (χ3n) is 0.607. The van der Waals surface area contributed by atoms with Crippen LogP contribution in [0.15, 0.2) is 0 Å². The van der Waals surface area contributed by atoms with E-state index in [-0.39, 0.29) is 0 Å². The smallest absolute Gasteiger partial charge is 0.291 e. The molecule has 0 unspecified atom stereocenters. The summed E-state index contributed by atoms with van der Waals surface area (Å²) in [5.74, 6) is -1.06. The molecule has 4 nitrogen and oxygen atoms in total. The average molecular weight is 194 g/mol. The van der Waals surface area contributed by atoms with Gasteiger partial charge in [0.25, 0.3) is 10.1 Å². The molecule has 0 saturated heterocycles. The lowest BCUT2D eigenvalue weighted by Crippen LogP contribution is -2.19. The molecule has 0 saturated carbocycles. The van der Waals surface area contributed by atoms with Gasteiger partial charge in [-0.25, -0.2) is 0 Å². The summed E-state index contributed by atoms with van der Waals surface area (Å²) in [6.45, 7) is -1.09. The first-order valence-corrected chi connectivity index (χ1v) is 3.97. The van der Waals surface area contributed by atoms with Gasteiger partial charge in [-0.2, -0.15) is 8.42 Å². The maximum absolute atomic E-state index is 11.1. The fraction of sp³-hybridized carbons (Fsp3) is 1.00. The number of ether oxygens (including phenoxy) is 1. The molecule has 0 aliphatic carbocycles. The largest absolute Gasteiger partial charge is 0.522 e. The first-order chi connectivity index (χ1) is 4.71. The van der Waals surface area contributed by atoms with Crippen molar-refractivity contribution in [3.63, 3.8) is 0 Å². The predicted molar refractivity (Wildman–Crippen MR) is 28.4 cm³/mol. The minimum atomic E-state index is -4.86. The van der Waals surface area contributed by atoms with Gasteiger partial charge >= 0.3 is 6.36 Å². The van der Waals surface area contributed by atoms with Crippen LogP contribution in [0.25, 0.3) is 0 Å². The van der Waals surface area contributed by atoms with Crippen LogP contribution >= 0.6 is 0 Å². The molecule has 0 spiro atoms. The molecule has 0 radical (unpaired) electrons. The Labute approximate surface area is 60.7 Å². The summed E-state index contributed by atoms with van der Waals surface area (Å²) in [6, 6.07) is 0. The summed E-state index contributed by atoms with van der Waals surface area (Å²) in [6.07, 6.45) is -4.86. The minimum Gasteiger partial charge on any atom is -0.291 e. The van der Waals surface area contributed by atoms with Crippen molar-refractivity contribution >= 4 is 10.1 Å². The third kappa shape index (κ3) is 9.66. The minimum absolute atomic E-state index is 1.06. The van der Waals surface area contributed by atoms with Gasteiger partial charge in [0.2, 0.25) is 0 Å². The molecule has 0 aromatic rings. The second kappa shape index (κ2) is 3.37.